The molecule has 3 rings (SSSR count). The predicted octanol–water partition coefficient (Wildman–Crippen LogP) is 3.86. The summed E-state index contributed by atoms with van der Waals surface area (Å²) in [6.07, 6.45) is 1.86. The molecule has 1 atom stereocenters. The van der Waals surface area contributed by atoms with Gasteiger partial charge in [-0.15, -0.1) is 0 Å². The average Bonchev–Trinajstić information content (AvgIpc) is 2.74. The zero-order chi connectivity index (χ0) is 20.8. The summed E-state index contributed by atoms with van der Waals surface area (Å²) in [6.45, 7) is 2.79. The van der Waals surface area contributed by atoms with Gasteiger partial charge in [-0.05, 0) is 49.8 Å². The molecule has 2 aromatic rings. The van der Waals surface area contributed by atoms with Gasteiger partial charge < -0.3 is 14.4 Å². The van der Waals surface area contributed by atoms with Gasteiger partial charge in [0.25, 0.3) is 5.91 Å². The van der Waals surface area contributed by atoms with Crippen molar-refractivity contribution in [2.45, 2.75) is 32.3 Å². The molecule has 0 radical (unpaired) electrons. The van der Waals surface area contributed by atoms with Crippen LogP contribution in [-0.2, 0) is 16.0 Å². The van der Waals surface area contributed by atoms with Crippen molar-refractivity contribution in [2.75, 3.05) is 20.2 Å². The second kappa shape index (κ2) is 9.54. The number of rotatable bonds is 6. The highest BCUT2D eigenvalue weighted by molar-refractivity contribution is 5.92. The van der Waals surface area contributed by atoms with E-state index in [0.29, 0.717) is 24.8 Å². The monoisotopic (exact) mass is 399 g/mol. The highest BCUT2D eigenvalue weighted by atomic mass is 19.1. The van der Waals surface area contributed by atoms with E-state index in [2.05, 4.69) is 12.1 Å². The molecular formula is C23H26FNO4. The Balaban J connectivity index is 1.51. The molecule has 0 aromatic heterocycles. The minimum absolute atomic E-state index is 0.216. The van der Waals surface area contributed by atoms with Crippen molar-refractivity contribution in [2.24, 2.45) is 5.92 Å². The number of likely N-dealkylation sites (tertiary alicyclic amines) is 1. The molecule has 0 spiro atoms. The normalized spacial score (nSPS) is 15.6. The fourth-order valence-corrected chi connectivity index (χ4v) is 3.62. The van der Waals surface area contributed by atoms with Crippen LogP contribution in [-0.4, -0.2) is 43.1 Å². The predicted molar refractivity (Wildman–Crippen MR) is 107 cm³/mol. The zero-order valence-corrected chi connectivity index (χ0v) is 16.8. The number of carbonyl (C=O) groups is 2. The standard InChI is InChI=1S/C23H26FNO4/c1-16(29-23(27)20-9-8-19(28-2)15-21(20)24)22(26)25-12-10-18(11-13-25)14-17-6-4-3-5-7-17/h3-9,15-16,18H,10-14H2,1-2H3/t16-/m0/s1. The minimum atomic E-state index is -0.963. The summed E-state index contributed by atoms with van der Waals surface area (Å²) in [5.41, 5.74) is 1.09. The number of ether oxygens (including phenoxy) is 2. The highest BCUT2D eigenvalue weighted by Gasteiger charge is 2.29. The number of nitrogens with zero attached hydrogens (tertiary/aromatic N) is 1. The third-order valence-corrected chi connectivity index (χ3v) is 5.32. The van der Waals surface area contributed by atoms with Crippen LogP contribution in [0.5, 0.6) is 5.75 Å². The molecule has 0 saturated carbocycles. The molecule has 0 aliphatic carbocycles. The Hall–Kier alpha value is -2.89. The molecule has 2 aromatic carbocycles. The number of carbonyl (C=O) groups excluding carboxylic acids is 2. The summed E-state index contributed by atoms with van der Waals surface area (Å²) >= 11 is 0. The summed E-state index contributed by atoms with van der Waals surface area (Å²) in [4.78, 5) is 26.6. The number of hydrogen-bond acceptors (Lipinski definition) is 4. The van der Waals surface area contributed by atoms with Crippen molar-refractivity contribution in [3.05, 3.63) is 65.5 Å². The molecular weight excluding hydrogens is 373 g/mol. The van der Waals surface area contributed by atoms with Crippen LogP contribution in [0.15, 0.2) is 48.5 Å². The van der Waals surface area contributed by atoms with Crippen LogP contribution in [0.25, 0.3) is 0 Å². The van der Waals surface area contributed by atoms with Crippen LogP contribution < -0.4 is 4.74 Å². The summed E-state index contributed by atoms with van der Waals surface area (Å²) in [5, 5.41) is 0. The van der Waals surface area contributed by atoms with Crippen LogP contribution >= 0.6 is 0 Å². The number of hydrogen-bond donors (Lipinski definition) is 0. The van der Waals surface area contributed by atoms with E-state index in [1.807, 2.05) is 18.2 Å². The maximum absolute atomic E-state index is 14.0. The lowest BCUT2D eigenvalue weighted by Gasteiger charge is -2.33. The number of esters is 1. The second-order valence-electron chi connectivity index (χ2n) is 7.35. The smallest absolute Gasteiger partial charge is 0.341 e. The van der Waals surface area contributed by atoms with Gasteiger partial charge in [-0.2, -0.15) is 0 Å². The first kappa shape index (κ1) is 20.8. The lowest BCUT2D eigenvalue weighted by atomic mass is 9.90. The molecule has 1 aliphatic heterocycles. The van der Waals surface area contributed by atoms with E-state index in [1.54, 1.807) is 4.90 Å². The molecule has 0 unspecified atom stereocenters. The van der Waals surface area contributed by atoms with Crippen LogP contribution in [0.4, 0.5) is 4.39 Å². The van der Waals surface area contributed by atoms with Crippen LogP contribution in [0.3, 0.4) is 0 Å². The van der Waals surface area contributed by atoms with E-state index in [9.17, 15) is 14.0 Å². The Kier molecular flexibility index (Phi) is 6.86. The largest absolute Gasteiger partial charge is 0.497 e. The van der Waals surface area contributed by atoms with Crippen molar-refractivity contribution >= 4 is 11.9 Å². The molecule has 0 bridgehead atoms. The Morgan fingerprint density at radius 1 is 1.14 bits per heavy atom. The minimum Gasteiger partial charge on any atom is -0.497 e. The highest BCUT2D eigenvalue weighted by Crippen LogP contribution is 2.23. The van der Waals surface area contributed by atoms with Gasteiger partial charge in [0.15, 0.2) is 6.10 Å². The zero-order valence-electron chi connectivity index (χ0n) is 16.8. The molecule has 1 heterocycles. The van der Waals surface area contributed by atoms with E-state index in [4.69, 9.17) is 9.47 Å². The Morgan fingerprint density at radius 3 is 2.45 bits per heavy atom. The van der Waals surface area contributed by atoms with E-state index < -0.39 is 17.9 Å². The molecule has 1 fully saturated rings. The van der Waals surface area contributed by atoms with Crippen LogP contribution in [0.1, 0.15) is 35.7 Å². The van der Waals surface area contributed by atoms with E-state index in [-0.39, 0.29) is 11.5 Å². The maximum atomic E-state index is 14.0. The van der Waals surface area contributed by atoms with Gasteiger partial charge in [0.1, 0.15) is 11.6 Å². The van der Waals surface area contributed by atoms with Crippen molar-refractivity contribution in [1.29, 1.82) is 0 Å². The lowest BCUT2D eigenvalue weighted by molar-refractivity contribution is -0.141. The molecule has 1 amide bonds. The van der Waals surface area contributed by atoms with Crippen LogP contribution in [0.2, 0.25) is 0 Å². The molecule has 29 heavy (non-hydrogen) atoms. The van der Waals surface area contributed by atoms with Gasteiger partial charge >= 0.3 is 5.97 Å². The van der Waals surface area contributed by atoms with Crippen molar-refractivity contribution < 1.29 is 23.5 Å². The van der Waals surface area contributed by atoms with Gasteiger partial charge in [0.05, 0.1) is 12.7 Å². The summed E-state index contributed by atoms with van der Waals surface area (Å²) in [6, 6.07) is 14.2. The maximum Gasteiger partial charge on any atom is 0.341 e. The molecule has 6 heteroatoms. The Bertz CT molecular complexity index is 847. The first-order valence-electron chi connectivity index (χ1n) is 9.85. The van der Waals surface area contributed by atoms with Gasteiger partial charge in [-0.25, -0.2) is 9.18 Å². The second-order valence-corrected chi connectivity index (χ2v) is 7.35. The first-order valence-corrected chi connectivity index (χ1v) is 9.85. The third kappa shape index (κ3) is 5.34. The van der Waals surface area contributed by atoms with Crippen molar-refractivity contribution in [3.63, 3.8) is 0 Å². The SMILES string of the molecule is COc1ccc(C(=O)O[C@@H](C)C(=O)N2CCC(Cc3ccccc3)CC2)c(F)c1. The molecule has 1 saturated heterocycles. The average molecular weight is 399 g/mol. The van der Waals surface area contributed by atoms with Crippen molar-refractivity contribution in [1.82, 2.24) is 4.90 Å². The molecule has 154 valence electrons. The quantitative estimate of drug-likeness (QED) is 0.692. The number of piperidine rings is 1. The number of methoxy groups -OCH3 is 1. The molecule has 0 N–H and O–H groups in total. The fraction of sp³-hybridized carbons (Fsp3) is 0.391. The Morgan fingerprint density at radius 2 is 1.83 bits per heavy atom. The van der Waals surface area contributed by atoms with Crippen LogP contribution in [0, 0.1) is 11.7 Å². The van der Waals surface area contributed by atoms with E-state index >= 15 is 0 Å². The van der Waals surface area contributed by atoms with Crippen molar-refractivity contribution in [3.8, 4) is 5.75 Å². The lowest BCUT2D eigenvalue weighted by Crippen LogP contribution is -2.44. The summed E-state index contributed by atoms with van der Waals surface area (Å²) < 4.78 is 24.2. The fourth-order valence-electron chi connectivity index (χ4n) is 3.62. The number of amides is 1. The third-order valence-electron chi connectivity index (χ3n) is 5.32. The van der Waals surface area contributed by atoms with Gasteiger partial charge in [-0.1, -0.05) is 30.3 Å². The number of halogens is 1. The van der Waals surface area contributed by atoms with E-state index in [1.165, 1.54) is 31.7 Å². The Labute approximate surface area is 170 Å². The summed E-state index contributed by atoms with van der Waals surface area (Å²) in [7, 11) is 1.41. The number of benzene rings is 2. The van der Waals surface area contributed by atoms with Gasteiger partial charge in [0, 0.05) is 19.2 Å². The molecule has 1 aliphatic rings. The van der Waals surface area contributed by atoms with Gasteiger partial charge in [0.2, 0.25) is 0 Å². The topological polar surface area (TPSA) is 55.8 Å². The van der Waals surface area contributed by atoms with E-state index in [0.717, 1.165) is 25.3 Å². The molecule has 5 nitrogen and oxygen atoms in total. The first-order chi connectivity index (χ1) is 14.0. The summed E-state index contributed by atoms with van der Waals surface area (Å²) in [5.74, 6) is -1.000. The van der Waals surface area contributed by atoms with Gasteiger partial charge in [-0.3, -0.25) is 4.79 Å².